The van der Waals surface area contributed by atoms with Crippen LogP contribution >= 0.6 is 11.6 Å². The second-order valence-corrected chi connectivity index (χ2v) is 6.18. The molecule has 1 N–H and O–H groups in total. The third kappa shape index (κ3) is 3.18. The summed E-state index contributed by atoms with van der Waals surface area (Å²) in [6.07, 6.45) is 2.18. The number of hydrogen-bond acceptors (Lipinski definition) is 3. The Morgan fingerprint density at radius 2 is 2.21 bits per heavy atom. The SMILES string of the molecule is CNc1ccc(Cl)c(C(=O)N2CCCC(C)(C)C2)n1. The van der Waals surface area contributed by atoms with Crippen molar-refractivity contribution < 1.29 is 4.79 Å². The Hall–Kier alpha value is -1.29. The predicted molar refractivity (Wildman–Crippen MR) is 77.7 cm³/mol. The number of carbonyl (C=O) groups is 1. The summed E-state index contributed by atoms with van der Waals surface area (Å²) >= 11 is 6.10. The van der Waals surface area contributed by atoms with Gasteiger partial charge < -0.3 is 10.2 Å². The minimum Gasteiger partial charge on any atom is -0.373 e. The summed E-state index contributed by atoms with van der Waals surface area (Å²) in [6, 6.07) is 3.47. The Morgan fingerprint density at radius 1 is 1.47 bits per heavy atom. The van der Waals surface area contributed by atoms with Crippen molar-refractivity contribution in [1.82, 2.24) is 9.88 Å². The normalized spacial score (nSPS) is 18.2. The van der Waals surface area contributed by atoms with Crippen LogP contribution in [0.4, 0.5) is 5.82 Å². The fourth-order valence-electron chi connectivity index (χ4n) is 2.48. The van der Waals surface area contributed by atoms with Gasteiger partial charge in [-0.1, -0.05) is 25.4 Å². The average Bonchev–Trinajstić information content (AvgIpc) is 2.37. The summed E-state index contributed by atoms with van der Waals surface area (Å²) in [7, 11) is 1.77. The number of anilines is 1. The fraction of sp³-hybridized carbons (Fsp3) is 0.571. The number of halogens is 1. The van der Waals surface area contributed by atoms with E-state index in [2.05, 4.69) is 24.1 Å². The van der Waals surface area contributed by atoms with E-state index in [0.717, 1.165) is 25.9 Å². The number of aromatic nitrogens is 1. The zero-order chi connectivity index (χ0) is 14.0. The van der Waals surface area contributed by atoms with E-state index < -0.39 is 0 Å². The van der Waals surface area contributed by atoms with E-state index >= 15 is 0 Å². The highest BCUT2D eigenvalue weighted by atomic mass is 35.5. The van der Waals surface area contributed by atoms with Crippen LogP contribution in [0.1, 0.15) is 37.2 Å². The molecule has 19 heavy (non-hydrogen) atoms. The lowest BCUT2D eigenvalue weighted by Gasteiger charge is -2.38. The molecule has 0 unspecified atom stereocenters. The second kappa shape index (κ2) is 5.37. The molecular weight excluding hydrogens is 262 g/mol. The molecule has 1 amide bonds. The van der Waals surface area contributed by atoms with Gasteiger partial charge in [0.15, 0.2) is 0 Å². The molecule has 104 valence electrons. The molecule has 2 rings (SSSR count). The number of likely N-dealkylation sites (tertiary alicyclic amines) is 1. The van der Waals surface area contributed by atoms with Crippen molar-refractivity contribution in [3.8, 4) is 0 Å². The molecule has 2 heterocycles. The lowest BCUT2D eigenvalue weighted by molar-refractivity contribution is 0.0578. The molecule has 1 aliphatic rings. The highest BCUT2D eigenvalue weighted by molar-refractivity contribution is 6.33. The fourth-order valence-corrected chi connectivity index (χ4v) is 2.66. The number of nitrogens with zero attached hydrogens (tertiary/aromatic N) is 2. The first-order chi connectivity index (χ1) is 8.93. The summed E-state index contributed by atoms with van der Waals surface area (Å²) in [5.74, 6) is 0.582. The van der Waals surface area contributed by atoms with Crippen LogP contribution in [0.5, 0.6) is 0 Å². The average molecular weight is 282 g/mol. The molecule has 0 atom stereocenters. The van der Waals surface area contributed by atoms with Crippen LogP contribution < -0.4 is 5.32 Å². The van der Waals surface area contributed by atoms with Gasteiger partial charge >= 0.3 is 0 Å². The van der Waals surface area contributed by atoms with Crippen molar-refractivity contribution in [2.24, 2.45) is 5.41 Å². The van der Waals surface area contributed by atoms with E-state index in [-0.39, 0.29) is 11.3 Å². The summed E-state index contributed by atoms with van der Waals surface area (Å²) < 4.78 is 0. The van der Waals surface area contributed by atoms with Crippen LogP contribution in [-0.4, -0.2) is 35.9 Å². The van der Waals surface area contributed by atoms with Crippen molar-refractivity contribution in [3.05, 3.63) is 22.8 Å². The van der Waals surface area contributed by atoms with Gasteiger partial charge in [-0.15, -0.1) is 0 Å². The van der Waals surface area contributed by atoms with Crippen LogP contribution in [0, 0.1) is 5.41 Å². The minimum absolute atomic E-state index is 0.0742. The molecular formula is C14H20ClN3O. The summed E-state index contributed by atoms with van der Waals surface area (Å²) in [5, 5.41) is 3.34. The Morgan fingerprint density at radius 3 is 2.84 bits per heavy atom. The molecule has 0 aliphatic carbocycles. The second-order valence-electron chi connectivity index (χ2n) is 5.77. The van der Waals surface area contributed by atoms with Gasteiger partial charge in [-0.25, -0.2) is 4.98 Å². The van der Waals surface area contributed by atoms with Crippen LogP contribution in [0.25, 0.3) is 0 Å². The van der Waals surface area contributed by atoms with Gasteiger partial charge in [0.05, 0.1) is 5.02 Å². The van der Waals surface area contributed by atoms with E-state index in [9.17, 15) is 4.79 Å². The monoisotopic (exact) mass is 281 g/mol. The summed E-state index contributed by atoms with van der Waals surface area (Å²) in [5.41, 5.74) is 0.507. The molecule has 4 nitrogen and oxygen atoms in total. The summed E-state index contributed by atoms with van der Waals surface area (Å²) in [6.45, 7) is 5.91. The number of nitrogens with one attached hydrogen (secondary N) is 1. The third-order valence-corrected chi connectivity index (χ3v) is 3.80. The summed E-state index contributed by atoms with van der Waals surface area (Å²) in [4.78, 5) is 18.7. The Labute approximate surface area is 119 Å². The number of pyridine rings is 1. The first-order valence-electron chi connectivity index (χ1n) is 6.56. The van der Waals surface area contributed by atoms with E-state index in [0.29, 0.717) is 16.5 Å². The van der Waals surface area contributed by atoms with E-state index in [1.807, 2.05) is 4.90 Å². The van der Waals surface area contributed by atoms with Gasteiger partial charge in [0.2, 0.25) is 0 Å². The van der Waals surface area contributed by atoms with Gasteiger partial charge in [-0.05, 0) is 30.4 Å². The third-order valence-electron chi connectivity index (χ3n) is 3.49. The van der Waals surface area contributed by atoms with Crippen molar-refractivity contribution >= 4 is 23.3 Å². The van der Waals surface area contributed by atoms with Crippen molar-refractivity contribution in [1.29, 1.82) is 0 Å². The largest absolute Gasteiger partial charge is 0.373 e. The zero-order valence-corrected chi connectivity index (χ0v) is 12.4. The smallest absolute Gasteiger partial charge is 0.274 e. The molecule has 0 spiro atoms. The Kier molecular flexibility index (Phi) is 3.99. The van der Waals surface area contributed by atoms with Gasteiger partial charge in [0, 0.05) is 20.1 Å². The molecule has 0 saturated carbocycles. The highest BCUT2D eigenvalue weighted by Crippen LogP contribution is 2.30. The maximum atomic E-state index is 12.5. The van der Waals surface area contributed by atoms with Gasteiger partial charge in [0.25, 0.3) is 5.91 Å². The van der Waals surface area contributed by atoms with Crippen molar-refractivity contribution in [2.75, 3.05) is 25.5 Å². The van der Waals surface area contributed by atoms with E-state index in [1.54, 1.807) is 19.2 Å². The zero-order valence-electron chi connectivity index (χ0n) is 11.7. The van der Waals surface area contributed by atoms with Gasteiger partial charge in [0.1, 0.15) is 11.5 Å². The van der Waals surface area contributed by atoms with Crippen LogP contribution in [0.15, 0.2) is 12.1 Å². The molecule has 1 saturated heterocycles. The van der Waals surface area contributed by atoms with Crippen LogP contribution in [-0.2, 0) is 0 Å². The molecule has 1 fully saturated rings. The minimum atomic E-state index is -0.0742. The standard InChI is InChI=1S/C14H20ClN3O/c1-14(2)7-4-8-18(9-14)13(19)12-10(15)5-6-11(16-3)17-12/h5-6H,4,7-9H2,1-3H3,(H,16,17). The van der Waals surface area contributed by atoms with Crippen LogP contribution in [0.2, 0.25) is 5.02 Å². The molecule has 1 aromatic heterocycles. The molecule has 0 radical (unpaired) electrons. The molecule has 5 heteroatoms. The number of amides is 1. The van der Waals surface area contributed by atoms with E-state index in [1.165, 1.54) is 0 Å². The maximum absolute atomic E-state index is 12.5. The van der Waals surface area contributed by atoms with Crippen molar-refractivity contribution in [2.45, 2.75) is 26.7 Å². The molecule has 0 aromatic carbocycles. The lowest BCUT2D eigenvalue weighted by atomic mass is 9.84. The number of piperidine rings is 1. The lowest BCUT2D eigenvalue weighted by Crippen LogP contribution is -2.43. The highest BCUT2D eigenvalue weighted by Gasteiger charge is 2.30. The molecule has 1 aliphatic heterocycles. The predicted octanol–water partition coefficient (Wildman–Crippen LogP) is 3.04. The Balaban J connectivity index is 2.24. The number of carbonyl (C=O) groups excluding carboxylic acids is 1. The van der Waals surface area contributed by atoms with E-state index in [4.69, 9.17) is 11.6 Å². The van der Waals surface area contributed by atoms with Crippen molar-refractivity contribution in [3.63, 3.8) is 0 Å². The molecule has 1 aromatic rings. The topological polar surface area (TPSA) is 45.2 Å². The van der Waals surface area contributed by atoms with Gasteiger partial charge in [-0.2, -0.15) is 0 Å². The maximum Gasteiger partial charge on any atom is 0.274 e. The number of hydrogen-bond donors (Lipinski definition) is 1. The first-order valence-corrected chi connectivity index (χ1v) is 6.94. The first kappa shape index (κ1) is 14.1. The van der Waals surface area contributed by atoms with Crippen LogP contribution in [0.3, 0.4) is 0 Å². The van der Waals surface area contributed by atoms with Gasteiger partial charge in [-0.3, -0.25) is 4.79 Å². The Bertz CT molecular complexity index is 488. The quantitative estimate of drug-likeness (QED) is 0.906. The molecule has 0 bridgehead atoms. The number of rotatable bonds is 2.